The lowest BCUT2D eigenvalue weighted by Gasteiger charge is -2.20. The Bertz CT molecular complexity index is 560. The van der Waals surface area contributed by atoms with Gasteiger partial charge < -0.3 is 21.1 Å². The number of carbonyl (C=O) groups is 3. The Morgan fingerprint density at radius 1 is 1.08 bits per heavy atom. The summed E-state index contributed by atoms with van der Waals surface area (Å²) in [6.07, 6.45) is -0.271. The zero-order valence-corrected chi connectivity index (χ0v) is 14.2. The molecule has 0 saturated carbocycles. The number of rotatable bonds is 8. The largest absolute Gasteiger partial charge is 0.445 e. The highest BCUT2D eigenvalue weighted by Gasteiger charge is 2.23. The Hall–Kier alpha value is -2.57. The predicted octanol–water partition coefficient (Wildman–Crippen LogP) is 1.32. The number of ether oxygens (including phenoxy) is 1. The number of primary amides is 1. The predicted molar refractivity (Wildman–Crippen MR) is 89.8 cm³/mol. The number of nitrogens with one attached hydrogen (secondary N) is 2. The molecule has 24 heavy (non-hydrogen) atoms. The Kier molecular flexibility index (Phi) is 7.74. The average Bonchev–Trinajstić information content (AvgIpc) is 2.52. The number of carbonyl (C=O) groups excluding carboxylic acids is 3. The Labute approximate surface area is 141 Å². The van der Waals surface area contributed by atoms with Crippen LogP contribution in [-0.2, 0) is 20.9 Å². The van der Waals surface area contributed by atoms with Crippen molar-refractivity contribution < 1.29 is 19.1 Å². The molecule has 7 heteroatoms. The summed E-state index contributed by atoms with van der Waals surface area (Å²) in [6.45, 7) is 5.46. The fourth-order valence-electron chi connectivity index (χ4n) is 2.02. The highest BCUT2D eigenvalue weighted by Crippen LogP contribution is 2.05. The van der Waals surface area contributed by atoms with Crippen molar-refractivity contribution >= 4 is 17.9 Å². The standard InChI is InChI=1S/C17H25N3O4/c1-11(2)9-14(15(18)21)20-16(22)12(3)19-17(23)24-10-13-7-5-4-6-8-13/h4-8,11-12,14H,9-10H2,1-3H3,(H2,18,21)(H,19,23)(H,20,22)/t12-,14+/m1/s1. The molecule has 0 radical (unpaired) electrons. The summed E-state index contributed by atoms with van der Waals surface area (Å²) >= 11 is 0. The van der Waals surface area contributed by atoms with Gasteiger partial charge in [0.05, 0.1) is 0 Å². The van der Waals surface area contributed by atoms with Gasteiger partial charge in [-0.25, -0.2) is 4.79 Å². The van der Waals surface area contributed by atoms with Crippen LogP contribution >= 0.6 is 0 Å². The van der Waals surface area contributed by atoms with E-state index in [0.717, 1.165) is 5.56 Å². The van der Waals surface area contributed by atoms with Gasteiger partial charge >= 0.3 is 6.09 Å². The van der Waals surface area contributed by atoms with Crippen LogP contribution in [0.1, 0.15) is 32.8 Å². The summed E-state index contributed by atoms with van der Waals surface area (Å²) in [4.78, 5) is 35.2. The van der Waals surface area contributed by atoms with Gasteiger partial charge in [-0.2, -0.15) is 0 Å². The van der Waals surface area contributed by atoms with E-state index in [1.165, 1.54) is 6.92 Å². The van der Waals surface area contributed by atoms with E-state index in [0.29, 0.717) is 6.42 Å². The molecule has 1 aromatic carbocycles. The molecule has 1 rings (SSSR count). The molecule has 0 spiro atoms. The molecule has 0 unspecified atom stereocenters. The van der Waals surface area contributed by atoms with Gasteiger partial charge in [0.15, 0.2) is 0 Å². The molecule has 0 fully saturated rings. The third-order valence-electron chi connectivity index (χ3n) is 3.31. The Morgan fingerprint density at radius 3 is 2.25 bits per heavy atom. The van der Waals surface area contributed by atoms with Crippen molar-refractivity contribution in [2.45, 2.75) is 45.9 Å². The average molecular weight is 335 g/mol. The zero-order chi connectivity index (χ0) is 18.1. The molecule has 0 aliphatic rings. The molecule has 1 aromatic rings. The van der Waals surface area contributed by atoms with Crippen molar-refractivity contribution in [1.29, 1.82) is 0 Å². The maximum Gasteiger partial charge on any atom is 0.408 e. The minimum Gasteiger partial charge on any atom is -0.445 e. The van der Waals surface area contributed by atoms with Gasteiger partial charge in [0.2, 0.25) is 11.8 Å². The SMILES string of the molecule is CC(C)C[C@H](NC(=O)[C@@H](C)NC(=O)OCc1ccccc1)C(N)=O. The number of amides is 3. The van der Waals surface area contributed by atoms with E-state index in [1.54, 1.807) is 0 Å². The number of nitrogens with two attached hydrogens (primary N) is 1. The highest BCUT2D eigenvalue weighted by atomic mass is 16.5. The van der Waals surface area contributed by atoms with Crippen molar-refractivity contribution in [3.05, 3.63) is 35.9 Å². The molecule has 7 nitrogen and oxygen atoms in total. The molecule has 2 atom stereocenters. The third kappa shape index (κ3) is 7.13. The van der Waals surface area contributed by atoms with E-state index in [1.807, 2.05) is 44.2 Å². The second-order valence-corrected chi connectivity index (χ2v) is 6.02. The molecule has 0 aromatic heterocycles. The quantitative estimate of drug-likeness (QED) is 0.665. The van der Waals surface area contributed by atoms with Gasteiger partial charge in [-0.15, -0.1) is 0 Å². The first-order chi connectivity index (χ1) is 11.3. The van der Waals surface area contributed by atoms with Crippen LogP contribution in [0.15, 0.2) is 30.3 Å². The fourth-order valence-corrected chi connectivity index (χ4v) is 2.02. The molecule has 132 valence electrons. The molecule has 0 aliphatic heterocycles. The van der Waals surface area contributed by atoms with E-state index in [4.69, 9.17) is 10.5 Å². The van der Waals surface area contributed by atoms with E-state index in [9.17, 15) is 14.4 Å². The first-order valence-electron chi connectivity index (χ1n) is 7.86. The summed E-state index contributed by atoms with van der Waals surface area (Å²) in [5.41, 5.74) is 6.12. The molecule has 0 bridgehead atoms. The van der Waals surface area contributed by atoms with E-state index < -0.39 is 30.0 Å². The normalized spacial score (nSPS) is 13.0. The zero-order valence-electron chi connectivity index (χ0n) is 14.2. The molecule has 0 saturated heterocycles. The second-order valence-electron chi connectivity index (χ2n) is 6.02. The first kappa shape index (κ1) is 19.5. The second kappa shape index (κ2) is 9.54. The number of benzene rings is 1. The first-order valence-corrected chi connectivity index (χ1v) is 7.86. The van der Waals surface area contributed by atoms with Gasteiger partial charge in [-0.3, -0.25) is 9.59 Å². The Balaban J connectivity index is 2.44. The number of hydrogen-bond donors (Lipinski definition) is 3. The molecule has 0 heterocycles. The monoisotopic (exact) mass is 335 g/mol. The topological polar surface area (TPSA) is 111 Å². The van der Waals surface area contributed by atoms with Crippen LogP contribution in [0.25, 0.3) is 0 Å². The summed E-state index contributed by atoms with van der Waals surface area (Å²) in [5.74, 6) is -0.895. The van der Waals surface area contributed by atoms with Crippen molar-refractivity contribution in [3.8, 4) is 0 Å². The van der Waals surface area contributed by atoms with Crippen LogP contribution in [0.3, 0.4) is 0 Å². The lowest BCUT2D eigenvalue weighted by atomic mass is 10.0. The van der Waals surface area contributed by atoms with Crippen LogP contribution in [-0.4, -0.2) is 30.0 Å². The lowest BCUT2D eigenvalue weighted by molar-refractivity contribution is -0.128. The van der Waals surface area contributed by atoms with Gasteiger partial charge in [0.1, 0.15) is 18.7 Å². The van der Waals surface area contributed by atoms with Gasteiger partial charge in [0, 0.05) is 0 Å². The van der Waals surface area contributed by atoms with Gasteiger partial charge in [-0.1, -0.05) is 44.2 Å². The van der Waals surface area contributed by atoms with Crippen molar-refractivity contribution in [1.82, 2.24) is 10.6 Å². The maximum atomic E-state index is 12.1. The Morgan fingerprint density at radius 2 is 1.71 bits per heavy atom. The van der Waals surface area contributed by atoms with Crippen molar-refractivity contribution in [2.24, 2.45) is 11.7 Å². The fraction of sp³-hybridized carbons (Fsp3) is 0.471. The maximum absolute atomic E-state index is 12.1. The van der Waals surface area contributed by atoms with Crippen LogP contribution in [0, 0.1) is 5.92 Å². The van der Waals surface area contributed by atoms with Gasteiger partial charge in [-0.05, 0) is 24.8 Å². The van der Waals surface area contributed by atoms with Gasteiger partial charge in [0.25, 0.3) is 0 Å². The number of alkyl carbamates (subject to hydrolysis) is 1. The molecular formula is C17H25N3O4. The van der Waals surface area contributed by atoms with E-state index in [-0.39, 0.29) is 12.5 Å². The van der Waals surface area contributed by atoms with Crippen LogP contribution in [0.5, 0.6) is 0 Å². The van der Waals surface area contributed by atoms with E-state index >= 15 is 0 Å². The lowest BCUT2D eigenvalue weighted by Crippen LogP contribution is -2.52. The summed E-state index contributed by atoms with van der Waals surface area (Å²) in [7, 11) is 0. The van der Waals surface area contributed by atoms with Crippen molar-refractivity contribution in [3.63, 3.8) is 0 Å². The van der Waals surface area contributed by atoms with Crippen LogP contribution in [0.4, 0.5) is 4.79 Å². The summed E-state index contributed by atoms with van der Waals surface area (Å²) < 4.78 is 5.04. The minimum absolute atomic E-state index is 0.109. The smallest absolute Gasteiger partial charge is 0.408 e. The van der Waals surface area contributed by atoms with Crippen LogP contribution in [0.2, 0.25) is 0 Å². The van der Waals surface area contributed by atoms with E-state index in [2.05, 4.69) is 10.6 Å². The third-order valence-corrected chi connectivity index (χ3v) is 3.31. The molecule has 3 amide bonds. The number of hydrogen-bond acceptors (Lipinski definition) is 4. The summed E-state index contributed by atoms with van der Waals surface area (Å²) in [5, 5.41) is 4.97. The minimum atomic E-state index is -0.845. The molecule has 0 aliphatic carbocycles. The van der Waals surface area contributed by atoms with Crippen molar-refractivity contribution in [2.75, 3.05) is 0 Å². The molecule has 4 N–H and O–H groups in total. The highest BCUT2D eigenvalue weighted by molar-refractivity contribution is 5.90. The summed E-state index contributed by atoms with van der Waals surface area (Å²) in [6, 6.07) is 7.59. The van der Waals surface area contributed by atoms with Crippen LogP contribution < -0.4 is 16.4 Å². The molecular weight excluding hydrogens is 310 g/mol.